The number of likely N-dealkylation sites (N-methyl/N-ethyl adjacent to an activating group) is 1. The van der Waals surface area contributed by atoms with E-state index in [9.17, 15) is 9.59 Å². The minimum atomic E-state index is -0.981. The highest BCUT2D eigenvalue weighted by Crippen LogP contribution is 2.17. The van der Waals surface area contributed by atoms with Crippen molar-refractivity contribution in [2.75, 3.05) is 6.54 Å². The molecule has 4 nitrogen and oxygen atoms in total. The lowest BCUT2D eigenvalue weighted by Gasteiger charge is -2.14. The number of ketones is 1. The Hall–Kier alpha value is -2.20. The maximum Gasteiger partial charge on any atom is 0.305 e. The van der Waals surface area contributed by atoms with Crippen LogP contribution in [0.5, 0.6) is 0 Å². The molecule has 0 fully saturated rings. The lowest BCUT2D eigenvalue weighted by atomic mass is 9.98. The fraction of sp³-hybridized carbons (Fsp3) is 0.250. The van der Waals surface area contributed by atoms with E-state index in [-0.39, 0.29) is 12.2 Å². The first-order valence-corrected chi connectivity index (χ1v) is 6.60. The zero-order valence-corrected chi connectivity index (χ0v) is 11.3. The third-order valence-electron chi connectivity index (χ3n) is 3.18. The summed E-state index contributed by atoms with van der Waals surface area (Å²) in [4.78, 5) is 23.2. The number of Topliss-reactive ketones (excluding diaryl/α,β-unsaturated/α-hetero) is 1. The van der Waals surface area contributed by atoms with Crippen molar-refractivity contribution in [2.24, 2.45) is 0 Å². The molecule has 0 aliphatic carbocycles. The number of hydrogen-bond acceptors (Lipinski definition) is 3. The van der Waals surface area contributed by atoms with Gasteiger partial charge < -0.3 is 10.4 Å². The fourth-order valence-corrected chi connectivity index (χ4v) is 2.22. The topological polar surface area (TPSA) is 66.4 Å². The van der Waals surface area contributed by atoms with Crippen LogP contribution in [0.2, 0.25) is 0 Å². The molecule has 0 radical (unpaired) electrons. The van der Waals surface area contributed by atoms with Gasteiger partial charge in [-0.05, 0) is 23.4 Å². The van der Waals surface area contributed by atoms with Crippen molar-refractivity contribution >= 4 is 22.5 Å². The van der Waals surface area contributed by atoms with E-state index < -0.39 is 12.0 Å². The highest BCUT2D eigenvalue weighted by molar-refractivity contribution is 6.04. The molecule has 0 aliphatic rings. The zero-order chi connectivity index (χ0) is 14.5. The molecule has 0 aromatic heterocycles. The molecule has 2 aromatic rings. The molecule has 1 atom stereocenters. The second-order valence-electron chi connectivity index (χ2n) is 4.63. The summed E-state index contributed by atoms with van der Waals surface area (Å²) in [7, 11) is 0. The van der Waals surface area contributed by atoms with Crippen LogP contribution in [0.15, 0.2) is 42.5 Å². The Labute approximate surface area is 117 Å². The van der Waals surface area contributed by atoms with E-state index >= 15 is 0 Å². The molecular formula is C16H17NO3. The molecule has 0 saturated heterocycles. The molecular weight excluding hydrogens is 254 g/mol. The van der Waals surface area contributed by atoms with Gasteiger partial charge in [-0.25, -0.2) is 0 Å². The Morgan fingerprint density at radius 3 is 2.50 bits per heavy atom. The normalized spacial score (nSPS) is 12.2. The Morgan fingerprint density at radius 1 is 1.15 bits per heavy atom. The quantitative estimate of drug-likeness (QED) is 0.792. The summed E-state index contributed by atoms with van der Waals surface area (Å²) in [6.45, 7) is 2.40. The summed E-state index contributed by atoms with van der Waals surface area (Å²) in [5.41, 5.74) is 0.538. The standard InChI is InChI=1S/C16H17NO3/c1-2-17-14(10-15(18)19)16(20)13-8-7-11-5-3-4-6-12(11)9-13/h3-9,14,17H,2,10H2,1H3,(H,18,19). The van der Waals surface area contributed by atoms with Gasteiger partial charge in [0.25, 0.3) is 0 Å². The smallest absolute Gasteiger partial charge is 0.305 e. The average molecular weight is 271 g/mol. The molecule has 0 spiro atoms. The molecule has 20 heavy (non-hydrogen) atoms. The second kappa shape index (κ2) is 6.30. The van der Waals surface area contributed by atoms with E-state index in [2.05, 4.69) is 5.32 Å². The summed E-state index contributed by atoms with van der Waals surface area (Å²) in [6.07, 6.45) is -0.209. The first-order chi connectivity index (χ1) is 9.61. The number of hydrogen-bond donors (Lipinski definition) is 2. The number of carboxylic acids is 1. The Kier molecular flexibility index (Phi) is 4.48. The first-order valence-electron chi connectivity index (χ1n) is 6.60. The maximum absolute atomic E-state index is 12.4. The Bertz CT molecular complexity index is 636. The highest BCUT2D eigenvalue weighted by atomic mass is 16.4. The summed E-state index contributed by atoms with van der Waals surface area (Å²) in [5, 5.41) is 13.8. The van der Waals surface area contributed by atoms with Gasteiger partial charge in [0.2, 0.25) is 0 Å². The van der Waals surface area contributed by atoms with E-state index in [0.717, 1.165) is 10.8 Å². The predicted molar refractivity (Wildman–Crippen MR) is 78.0 cm³/mol. The Balaban J connectivity index is 2.30. The predicted octanol–water partition coefficient (Wildman–Crippen LogP) is 2.48. The third kappa shape index (κ3) is 3.22. The number of carboxylic acid groups (broad SMARTS) is 1. The van der Waals surface area contributed by atoms with Gasteiger partial charge in [-0.1, -0.05) is 43.3 Å². The van der Waals surface area contributed by atoms with E-state index in [1.807, 2.05) is 43.3 Å². The summed E-state index contributed by atoms with van der Waals surface area (Å²) < 4.78 is 0. The molecule has 0 saturated carbocycles. The minimum absolute atomic E-state index is 0.181. The van der Waals surface area contributed by atoms with Gasteiger partial charge in [-0.2, -0.15) is 0 Å². The second-order valence-corrected chi connectivity index (χ2v) is 4.63. The first kappa shape index (κ1) is 14.2. The maximum atomic E-state index is 12.4. The molecule has 0 amide bonds. The summed E-state index contributed by atoms with van der Waals surface area (Å²) in [6, 6.07) is 12.5. The van der Waals surface area contributed by atoms with Crippen molar-refractivity contribution in [3.05, 3.63) is 48.0 Å². The summed E-state index contributed by atoms with van der Waals surface area (Å²) in [5.74, 6) is -1.16. The number of carbonyl (C=O) groups excluding carboxylic acids is 1. The van der Waals surface area contributed by atoms with Crippen LogP contribution < -0.4 is 5.32 Å². The van der Waals surface area contributed by atoms with Crippen molar-refractivity contribution < 1.29 is 14.7 Å². The van der Waals surface area contributed by atoms with E-state index in [0.29, 0.717) is 12.1 Å². The number of benzene rings is 2. The van der Waals surface area contributed by atoms with Crippen LogP contribution in [0.1, 0.15) is 23.7 Å². The van der Waals surface area contributed by atoms with Crippen LogP contribution in [0.4, 0.5) is 0 Å². The largest absolute Gasteiger partial charge is 0.481 e. The molecule has 1 unspecified atom stereocenters. The van der Waals surface area contributed by atoms with Gasteiger partial charge >= 0.3 is 5.97 Å². The zero-order valence-electron chi connectivity index (χ0n) is 11.3. The number of nitrogens with one attached hydrogen (secondary N) is 1. The lowest BCUT2D eigenvalue weighted by Crippen LogP contribution is -2.38. The van der Waals surface area contributed by atoms with Crippen LogP contribution in [0.3, 0.4) is 0 Å². The molecule has 0 aliphatic heterocycles. The number of carbonyl (C=O) groups is 2. The van der Waals surface area contributed by atoms with Crippen molar-refractivity contribution in [3.8, 4) is 0 Å². The summed E-state index contributed by atoms with van der Waals surface area (Å²) >= 11 is 0. The molecule has 2 aromatic carbocycles. The molecule has 2 N–H and O–H groups in total. The van der Waals surface area contributed by atoms with E-state index in [1.165, 1.54) is 0 Å². The number of rotatable bonds is 6. The molecule has 0 heterocycles. The van der Waals surface area contributed by atoms with E-state index in [1.54, 1.807) is 6.07 Å². The highest BCUT2D eigenvalue weighted by Gasteiger charge is 2.22. The lowest BCUT2D eigenvalue weighted by molar-refractivity contribution is -0.137. The van der Waals surface area contributed by atoms with Gasteiger partial charge in [-0.3, -0.25) is 9.59 Å². The Morgan fingerprint density at radius 2 is 1.85 bits per heavy atom. The van der Waals surface area contributed by atoms with Crippen molar-refractivity contribution in [3.63, 3.8) is 0 Å². The van der Waals surface area contributed by atoms with Crippen LogP contribution in [0.25, 0.3) is 10.8 Å². The molecule has 104 valence electrons. The van der Waals surface area contributed by atoms with Gasteiger partial charge in [-0.15, -0.1) is 0 Å². The van der Waals surface area contributed by atoms with Crippen molar-refractivity contribution in [2.45, 2.75) is 19.4 Å². The van der Waals surface area contributed by atoms with Gasteiger partial charge in [0.1, 0.15) is 0 Å². The van der Waals surface area contributed by atoms with Gasteiger partial charge in [0.15, 0.2) is 5.78 Å². The van der Waals surface area contributed by atoms with Crippen molar-refractivity contribution in [1.29, 1.82) is 0 Å². The SMILES string of the molecule is CCNC(CC(=O)O)C(=O)c1ccc2ccccc2c1. The number of fused-ring (bicyclic) bond motifs is 1. The molecule has 2 rings (SSSR count). The van der Waals surface area contributed by atoms with Gasteiger partial charge in [0, 0.05) is 5.56 Å². The van der Waals surface area contributed by atoms with Crippen LogP contribution >= 0.6 is 0 Å². The van der Waals surface area contributed by atoms with E-state index in [4.69, 9.17) is 5.11 Å². The fourth-order valence-electron chi connectivity index (χ4n) is 2.22. The minimum Gasteiger partial charge on any atom is -0.481 e. The third-order valence-corrected chi connectivity index (χ3v) is 3.18. The molecule has 4 heteroatoms. The van der Waals surface area contributed by atoms with Gasteiger partial charge in [0.05, 0.1) is 12.5 Å². The van der Waals surface area contributed by atoms with Crippen LogP contribution in [-0.2, 0) is 4.79 Å². The van der Waals surface area contributed by atoms with Crippen molar-refractivity contribution in [1.82, 2.24) is 5.32 Å². The van der Waals surface area contributed by atoms with Crippen LogP contribution in [-0.4, -0.2) is 29.4 Å². The monoisotopic (exact) mass is 271 g/mol. The average Bonchev–Trinajstić information content (AvgIpc) is 2.45. The molecule has 0 bridgehead atoms. The number of aliphatic carboxylic acids is 1. The van der Waals surface area contributed by atoms with Crippen LogP contribution in [0, 0.1) is 0 Å².